The van der Waals surface area contributed by atoms with Gasteiger partial charge in [0.25, 0.3) is 0 Å². The number of aryl methyl sites for hydroxylation is 2. The first-order valence-electron chi connectivity index (χ1n) is 6.61. The summed E-state index contributed by atoms with van der Waals surface area (Å²) in [6.07, 6.45) is 0. The molecule has 0 spiro atoms. The van der Waals surface area contributed by atoms with Crippen molar-refractivity contribution in [2.24, 2.45) is 11.4 Å². The van der Waals surface area contributed by atoms with Gasteiger partial charge in [0.05, 0.1) is 16.9 Å². The summed E-state index contributed by atoms with van der Waals surface area (Å²) < 4.78 is 17.9. The van der Waals surface area contributed by atoms with Crippen LogP contribution in [-0.2, 0) is 18.4 Å². The van der Waals surface area contributed by atoms with Crippen LogP contribution in [0.5, 0.6) is 0 Å². The number of fused-ring (bicyclic) bond motifs is 1. The van der Waals surface area contributed by atoms with Crippen molar-refractivity contribution in [3.8, 4) is 0 Å². The highest BCUT2D eigenvalue weighted by atomic mass is 32.2. The highest BCUT2D eigenvalue weighted by Gasteiger charge is 2.26. The Bertz CT molecular complexity index is 668. The highest BCUT2D eigenvalue weighted by molar-refractivity contribution is 7.91. The maximum Gasteiger partial charge on any atom is 0.144 e. The van der Waals surface area contributed by atoms with E-state index in [1.807, 2.05) is 64.5 Å². The average Bonchev–Trinajstić information content (AvgIpc) is 2.63. The summed E-state index contributed by atoms with van der Waals surface area (Å²) >= 11 is -1.24. The van der Waals surface area contributed by atoms with E-state index in [0.717, 1.165) is 27.9 Å². The molecule has 1 aromatic heterocycles. The van der Waals surface area contributed by atoms with E-state index in [0.29, 0.717) is 0 Å². The number of hydrogen-bond donors (Lipinski definition) is 0. The molecular weight excluding hydrogens is 270 g/mol. The van der Waals surface area contributed by atoms with Gasteiger partial charge in [0.2, 0.25) is 0 Å². The topological polar surface area (TPSA) is 53.2 Å². The molecule has 1 atom stereocenters. The fraction of sp³-hybridized carbons (Fsp3) is 0.467. The van der Waals surface area contributed by atoms with E-state index in [1.165, 1.54) is 0 Å². The standard InChI is InChI=1S/C15H21N3OS/c1-10(17-20(19)15(3,4)5)12-7-8-13-11(2)16-18(6)14(13)9-12/h7-9H,1-6H3. The molecule has 0 saturated heterocycles. The largest absolute Gasteiger partial charge is 0.591 e. The number of hydrogen-bond acceptors (Lipinski definition) is 3. The molecule has 4 nitrogen and oxygen atoms in total. The average molecular weight is 291 g/mol. The van der Waals surface area contributed by atoms with Gasteiger partial charge in [0.1, 0.15) is 16.1 Å². The Balaban J connectivity index is 2.43. The summed E-state index contributed by atoms with van der Waals surface area (Å²) in [6, 6.07) is 6.11. The van der Waals surface area contributed by atoms with Crippen LogP contribution in [0.4, 0.5) is 0 Å². The van der Waals surface area contributed by atoms with Gasteiger partial charge in [0, 0.05) is 18.0 Å². The van der Waals surface area contributed by atoms with Crippen LogP contribution in [0.15, 0.2) is 22.6 Å². The predicted octanol–water partition coefficient (Wildman–Crippen LogP) is 3.15. The molecule has 0 saturated carbocycles. The number of aromatic nitrogens is 2. The molecular formula is C15H21N3OS. The zero-order valence-corrected chi connectivity index (χ0v) is 13.7. The molecule has 0 bridgehead atoms. The normalized spacial score (nSPS) is 14.8. The second-order valence-corrected chi connectivity index (χ2v) is 7.88. The van der Waals surface area contributed by atoms with Gasteiger partial charge in [-0.05, 0) is 40.7 Å². The number of rotatable bonds is 2. The SMILES string of the molecule is CC(=N[S+]([O-])C(C)(C)C)c1ccc2c(C)nn(C)c2c1. The Morgan fingerprint density at radius 2 is 2.00 bits per heavy atom. The smallest absolute Gasteiger partial charge is 0.144 e. The van der Waals surface area contributed by atoms with E-state index in [1.54, 1.807) is 0 Å². The Kier molecular flexibility index (Phi) is 3.93. The molecule has 0 amide bonds. The predicted molar refractivity (Wildman–Crippen MR) is 85.6 cm³/mol. The molecule has 2 rings (SSSR count). The van der Waals surface area contributed by atoms with Gasteiger partial charge in [-0.2, -0.15) is 5.10 Å². The number of benzene rings is 1. The van der Waals surface area contributed by atoms with Gasteiger partial charge in [-0.3, -0.25) is 4.68 Å². The maximum atomic E-state index is 12.1. The lowest BCUT2D eigenvalue weighted by Gasteiger charge is -2.18. The minimum absolute atomic E-state index is 0.339. The van der Waals surface area contributed by atoms with Gasteiger partial charge in [-0.1, -0.05) is 16.5 Å². The second kappa shape index (κ2) is 5.22. The minimum atomic E-state index is -1.24. The molecule has 0 N–H and O–H groups in total. The van der Waals surface area contributed by atoms with E-state index < -0.39 is 11.4 Å². The van der Waals surface area contributed by atoms with E-state index in [4.69, 9.17) is 0 Å². The molecule has 1 aromatic carbocycles. The van der Waals surface area contributed by atoms with Gasteiger partial charge >= 0.3 is 0 Å². The highest BCUT2D eigenvalue weighted by Crippen LogP contribution is 2.21. The van der Waals surface area contributed by atoms with Gasteiger partial charge in [-0.25, -0.2) is 0 Å². The van der Waals surface area contributed by atoms with Crippen molar-refractivity contribution in [2.45, 2.75) is 39.4 Å². The van der Waals surface area contributed by atoms with Crippen molar-refractivity contribution >= 4 is 28.0 Å². The molecule has 2 aromatic rings. The summed E-state index contributed by atoms with van der Waals surface area (Å²) in [7, 11) is 1.93. The van der Waals surface area contributed by atoms with Crippen molar-refractivity contribution in [3.63, 3.8) is 0 Å². The molecule has 0 fully saturated rings. The van der Waals surface area contributed by atoms with Crippen LogP contribution in [0.2, 0.25) is 0 Å². The van der Waals surface area contributed by atoms with E-state index >= 15 is 0 Å². The summed E-state index contributed by atoms with van der Waals surface area (Å²) in [5, 5.41) is 5.55. The molecule has 108 valence electrons. The minimum Gasteiger partial charge on any atom is -0.591 e. The first kappa shape index (κ1) is 15.1. The van der Waals surface area contributed by atoms with Crippen LogP contribution >= 0.6 is 0 Å². The van der Waals surface area contributed by atoms with E-state index in [-0.39, 0.29) is 4.75 Å². The third-order valence-electron chi connectivity index (χ3n) is 3.20. The van der Waals surface area contributed by atoms with Gasteiger partial charge in [-0.15, -0.1) is 0 Å². The van der Waals surface area contributed by atoms with Gasteiger partial charge < -0.3 is 4.55 Å². The molecule has 5 heteroatoms. The van der Waals surface area contributed by atoms with Gasteiger partial charge in [0.15, 0.2) is 0 Å². The zero-order chi connectivity index (χ0) is 15.1. The summed E-state index contributed by atoms with van der Waals surface area (Å²) in [4.78, 5) is 0. The molecule has 0 aliphatic rings. The fourth-order valence-corrected chi connectivity index (χ4v) is 2.61. The second-order valence-electron chi connectivity index (χ2n) is 5.98. The van der Waals surface area contributed by atoms with Crippen LogP contribution < -0.4 is 0 Å². The van der Waals surface area contributed by atoms with Crippen LogP contribution in [0.1, 0.15) is 39.0 Å². The lowest BCUT2D eigenvalue weighted by molar-refractivity contribution is 0.561. The lowest BCUT2D eigenvalue weighted by atomic mass is 10.1. The maximum absolute atomic E-state index is 12.1. The molecule has 0 aliphatic heterocycles. The monoisotopic (exact) mass is 291 g/mol. The van der Waals surface area contributed by atoms with Crippen molar-refractivity contribution in [3.05, 3.63) is 29.5 Å². The third kappa shape index (κ3) is 2.88. The molecule has 20 heavy (non-hydrogen) atoms. The Hall–Kier alpha value is -1.33. The van der Waals surface area contributed by atoms with E-state index in [9.17, 15) is 4.55 Å². The van der Waals surface area contributed by atoms with Crippen LogP contribution in [0.25, 0.3) is 10.9 Å². The van der Waals surface area contributed by atoms with Crippen LogP contribution in [0.3, 0.4) is 0 Å². The Labute approximate surface area is 123 Å². The van der Waals surface area contributed by atoms with Crippen molar-refractivity contribution in [2.75, 3.05) is 0 Å². The quantitative estimate of drug-likeness (QED) is 0.630. The molecule has 1 heterocycles. The third-order valence-corrected chi connectivity index (χ3v) is 4.69. The van der Waals surface area contributed by atoms with Crippen LogP contribution in [-0.4, -0.2) is 24.8 Å². The first-order chi connectivity index (χ1) is 9.20. The molecule has 0 aliphatic carbocycles. The fourth-order valence-electron chi connectivity index (χ4n) is 1.98. The van der Waals surface area contributed by atoms with Crippen LogP contribution in [0, 0.1) is 6.92 Å². The zero-order valence-electron chi connectivity index (χ0n) is 12.9. The summed E-state index contributed by atoms with van der Waals surface area (Å²) in [5.41, 5.74) is 3.86. The van der Waals surface area contributed by atoms with Crippen molar-refractivity contribution in [1.82, 2.24) is 9.78 Å². The Morgan fingerprint density at radius 1 is 1.35 bits per heavy atom. The summed E-state index contributed by atoms with van der Waals surface area (Å²) in [5.74, 6) is 0. The molecule has 1 unspecified atom stereocenters. The van der Waals surface area contributed by atoms with Crippen molar-refractivity contribution < 1.29 is 4.55 Å². The lowest BCUT2D eigenvalue weighted by Crippen LogP contribution is -2.26. The first-order valence-corrected chi connectivity index (χ1v) is 7.72. The van der Waals surface area contributed by atoms with E-state index in [2.05, 4.69) is 9.50 Å². The Morgan fingerprint density at radius 3 is 2.60 bits per heavy atom. The van der Waals surface area contributed by atoms with Crippen molar-refractivity contribution in [1.29, 1.82) is 0 Å². The number of nitrogens with zero attached hydrogens (tertiary/aromatic N) is 3. The molecule has 0 radical (unpaired) electrons. The summed E-state index contributed by atoms with van der Waals surface area (Å²) in [6.45, 7) is 9.67.